The summed E-state index contributed by atoms with van der Waals surface area (Å²) in [5, 5.41) is 2.72. The van der Waals surface area contributed by atoms with Gasteiger partial charge in [-0.05, 0) is 42.3 Å². The molecule has 0 atom stereocenters. The minimum atomic E-state index is -2.91. The lowest BCUT2D eigenvalue weighted by Crippen LogP contribution is -2.23. The van der Waals surface area contributed by atoms with Gasteiger partial charge in [0.15, 0.2) is 11.5 Å². The number of furan rings is 1. The van der Waals surface area contributed by atoms with Crippen molar-refractivity contribution in [2.75, 3.05) is 13.7 Å². The van der Waals surface area contributed by atoms with Gasteiger partial charge < -0.3 is 19.2 Å². The van der Waals surface area contributed by atoms with Crippen molar-refractivity contribution >= 4 is 12.0 Å². The van der Waals surface area contributed by atoms with Crippen molar-refractivity contribution in [1.82, 2.24) is 5.32 Å². The minimum absolute atomic E-state index is 0.0262. The second-order valence-corrected chi connectivity index (χ2v) is 4.75. The van der Waals surface area contributed by atoms with E-state index in [1.165, 1.54) is 25.5 Å². The molecule has 5 nitrogen and oxygen atoms in total. The normalized spacial score (nSPS) is 11.0. The molecule has 1 amide bonds. The molecule has 1 aromatic carbocycles. The number of methoxy groups -OCH3 is 1. The van der Waals surface area contributed by atoms with Gasteiger partial charge in [-0.25, -0.2) is 0 Å². The molecule has 0 spiro atoms. The van der Waals surface area contributed by atoms with Crippen LogP contribution >= 0.6 is 0 Å². The number of carbonyl (C=O) groups excluding carboxylic acids is 1. The van der Waals surface area contributed by atoms with E-state index in [9.17, 15) is 13.6 Å². The van der Waals surface area contributed by atoms with Gasteiger partial charge in [0.1, 0.15) is 5.76 Å². The Morgan fingerprint density at radius 3 is 2.83 bits per heavy atom. The Kier molecular flexibility index (Phi) is 6.36. The maximum absolute atomic E-state index is 12.3. The van der Waals surface area contributed by atoms with Gasteiger partial charge in [0.05, 0.1) is 13.4 Å². The molecule has 1 heterocycles. The van der Waals surface area contributed by atoms with E-state index in [1.54, 1.807) is 30.3 Å². The Hall–Kier alpha value is -2.83. The van der Waals surface area contributed by atoms with Crippen LogP contribution in [-0.4, -0.2) is 26.2 Å². The van der Waals surface area contributed by atoms with Crippen molar-refractivity contribution in [2.24, 2.45) is 0 Å². The molecule has 0 aliphatic rings. The van der Waals surface area contributed by atoms with Crippen molar-refractivity contribution in [2.45, 2.75) is 13.0 Å². The fraction of sp³-hybridized carbons (Fsp3) is 0.235. The quantitative estimate of drug-likeness (QED) is 0.751. The second-order valence-electron chi connectivity index (χ2n) is 4.75. The highest BCUT2D eigenvalue weighted by Gasteiger charge is 2.11. The molecule has 0 radical (unpaired) electrons. The molecule has 0 unspecified atom stereocenters. The van der Waals surface area contributed by atoms with Crippen molar-refractivity contribution in [3.8, 4) is 11.5 Å². The van der Waals surface area contributed by atoms with Crippen molar-refractivity contribution in [1.29, 1.82) is 0 Å². The SMILES string of the molecule is COc1cc(CCNC(=O)/C=C/c2ccco2)ccc1OC(F)F. The van der Waals surface area contributed by atoms with Crippen LogP contribution in [-0.2, 0) is 11.2 Å². The molecule has 0 saturated heterocycles. The third-order valence-corrected chi connectivity index (χ3v) is 3.10. The second kappa shape index (κ2) is 8.71. The molecule has 0 saturated carbocycles. The highest BCUT2D eigenvalue weighted by Crippen LogP contribution is 2.29. The number of benzene rings is 1. The Morgan fingerprint density at radius 2 is 2.17 bits per heavy atom. The largest absolute Gasteiger partial charge is 0.493 e. The standard InChI is InChI=1S/C17H17F2NO4/c1-22-15-11-12(4-6-14(15)24-17(18)19)8-9-20-16(21)7-5-13-3-2-10-23-13/h2-7,10-11,17H,8-9H2,1H3,(H,20,21)/b7-5+. The van der Waals surface area contributed by atoms with Crippen molar-refractivity contribution in [3.63, 3.8) is 0 Å². The van der Waals surface area contributed by atoms with Crippen LogP contribution in [0.3, 0.4) is 0 Å². The molecule has 1 aromatic heterocycles. The number of hydrogen-bond donors (Lipinski definition) is 1. The van der Waals surface area contributed by atoms with Crippen LogP contribution in [0.2, 0.25) is 0 Å². The Bertz CT molecular complexity index is 684. The zero-order valence-corrected chi connectivity index (χ0v) is 13.0. The maximum atomic E-state index is 12.3. The van der Waals surface area contributed by atoms with Gasteiger partial charge in [0.25, 0.3) is 0 Å². The summed E-state index contributed by atoms with van der Waals surface area (Å²) in [6.07, 6.45) is 4.98. The predicted molar refractivity (Wildman–Crippen MR) is 84.1 cm³/mol. The summed E-state index contributed by atoms with van der Waals surface area (Å²) >= 11 is 0. The summed E-state index contributed by atoms with van der Waals surface area (Å²) in [6, 6.07) is 8.12. The van der Waals surface area contributed by atoms with E-state index in [-0.39, 0.29) is 17.4 Å². The van der Waals surface area contributed by atoms with Crippen LogP contribution in [0.1, 0.15) is 11.3 Å². The first-order valence-corrected chi connectivity index (χ1v) is 7.19. The van der Waals surface area contributed by atoms with Crippen LogP contribution in [0.25, 0.3) is 6.08 Å². The number of alkyl halides is 2. The fourth-order valence-electron chi connectivity index (χ4n) is 1.99. The first-order chi connectivity index (χ1) is 11.6. The van der Waals surface area contributed by atoms with E-state index >= 15 is 0 Å². The smallest absolute Gasteiger partial charge is 0.387 e. The average molecular weight is 337 g/mol. The molecule has 24 heavy (non-hydrogen) atoms. The van der Waals surface area contributed by atoms with Gasteiger partial charge >= 0.3 is 6.61 Å². The Labute approximate surface area is 137 Å². The highest BCUT2D eigenvalue weighted by atomic mass is 19.3. The highest BCUT2D eigenvalue weighted by molar-refractivity contribution is 5.91. The van der Waals surface area contributed by atoms with E-state index in [0.29, 0.717) is 18.7 Å². The van der Waals surface area contributed by atoms with Gasteiger partial charge in [0.2, 0.25) is 5.91 Å². The van der Waals surface area contributed by atoms with Crippen molar-refractivity contribution in [3.05, 3.63) is 54.0 Å². The summed E-state index contributed by atoms with van der Waals surface area (Å²) in [6.45, 7) is -2.52. The summed E-state index contributed by atoms with van der Waals surface area (Å²) in [5.41, 5.74) is 0.823. The zero-order valence-electron chi connectivity index (χ0n) is 13.0. The van der Waals surface area contributed by atoms with Crippen molar-refractivity contribution < 1.29 is 27.5 Å². The zero-order chi connectivity index (χ0) is 17.4. The lowest BCUT2D eigenvalue weighted by Gasteiger charge is -2.11. The first-order valence-electron chi connectivity index (χ1n) is 7.19. The predicted octanol–water partition coefficient (Wildman–Crippen LogP) is 3.26. The maximum Gasteiger partial charge on any atom is 0.387 e. The summed E-state index contributed by atoms with van der Waals surface area (Å²) in [5.74, 6) is 0.527. The van der Waals surface area contributed by atoms with Crippen LogP contribution in [0, 0.1) is 0 Å². The molecule has 0 aliphatic carbocycles. The van der Waals surface area contributed by atoms with Gasteiger partial charge in [0, 0.05) is 12.6 Å². The summed E-state index contributed by atoms with van der Waals surface area (Å²) in [7, 11) is 1.37. The number of amides is 1. The number of halogens is 2. The Balaban J connectivity index is 1.84. The molecular formula is C17H17F2NO4. The molecule has 7 heteroatoms. The van der Waals surface area contributed by atoms with Gasteiger partial charge in [-0.15, -0.1) is 0 Å². The topological polar surface area (TPSA) is 60.7 Å². The Morgan fingerprint density at radius 1 is 1.33 bits per heavy atom. The third kappa shape index (κ3) is 5.42. The number of ether oxygens (including phenoxy) is 2. The summed E-state index contributed by atoms with van der Waals surface area (Å²) in [4.78, 5) is 11.7. The molecule has 2 rings (SSSR count). The lowest BCUT2D eigenvalue weighted by atomic mass is 10.1. The molecule has 1 N–H and O–H groups in total. The van der Waals surface area contributed by atoms with E-state index in [1.807, 2.05) is 0 Å². The lowest BCUT2D eigenvalue weighted by molar-refractivity contribution is -0.116. The number of rotatable bonds is 8. The number of carbonyl (C=O) groups is 1. The number of nitrogens with one attached hydrogen (secondary N) is 1. The minimum Gasteiger partial charge on any atom is -0.493 e. The molecule has 0 fully saturated rings. The van der Waals surface area contributed by atoms with Gasteiger partial charge in [-0.2, -0.15) is 8.78 Å². The van der Waals surface area contributed by atoms with E-state index in [2.05, 4.69) is 10.1 Å². The molecule has 0 bridgehead atoms. The van der Waals surface area contributed by atoms with E-state index < -0.39 is 6.61 Å². The fourth-order valence-corrected chi connectivity index (χ4v) is 1.99. The van der Waals surface area contributed by atoms with E-state index in [0.717, 1.165) is 5.56 Å². The third-order valence-electron chi connectivity index (χ3n) is 3.10. The molecule has 128 valence electrons. The molecule has 2 aromatic rings. The number of hydrogen-bond acceptors (Lipinski definition) is 4. The van der Waals surface area contributed by atoms with Crippen LogP contribution in [0.15, 0.2) is 47.1 Å². The summed E-state index contributed by atoms with van der Waals surface area (Å²) < 4.78 is 39.0. The molecular weight excluding hydrogens is 320 g/mol. The van der Waals surface area contributed by atoms with Gasteiger partial charge in [-0.1, -0.05) is 6.07 Å². The average Bonchev–Trinajstić information content (AvgIpc) is 3.07. The first kappa shape index (κ1) is 17.5. The molecule has 0 aliphatic heterocycles. The van der Waals surface area contributed by atoms with Crippen LogP contribution in [0.4, 0.5) is 8.78 Å². The van der Waals surface area contributed by atoms with E-state index in [4.69, 9.17) is 9.15 Å². The van der Waals surface area contributed by atoms with Crippen LogP contribution in [0.5, 0.6) is 11.5 Å². The monoisotopic (exact) mass is 337 g/mol. The van der Waals surface area contributed by atoms with Gasteiger partial charge in [-0.3, -0.25) is 4.79 Å². The van der Waals surface area contributed by atoms with Crippen LogP contribution < -0.4 is 14.8 Å².